The first-order valence-electron chi connectivity index (χ1n) is 4.73. The van der Waals surface area contributed by atoms with Crippen molar-refractivity contribution in [1.82, 2.24) is 10.3 Å². The second-order valence-corrected chi connectivity index (χ2v) is 4.04. The third kappa shape index (κ3) is 5.23. The average molecular weight is 262 g/mol. The number of amides is 1. The highest BCUT2D eigenvalue weighted by atomic mass is 35.5. The summed E-state index contributed by atoms with van der Waals surface area (Å²) in [5, 5.41) is 2.79. The average Bonchev–Trinajstić information content (AvgIpc) is 2.24. The Morgan fingerprint density at radius 2 is 2.31 bits per heavy atom. The van der Waals surface area contributed by atoms with Crippen LogP contribution in [0.2, 0.25) is 0 Å². The number of anilines is 1. The van der Waals surface area contributed by atoms with Crippen LogP contribution < -0.4 is 11.1 Å². The van der Waals surface area contributed by atoms with E-state index in [2.05, 4.69) is 10.3 Å². The SMILES string of the molecule is CSCCCNC(=O)c1cccc(N)n1.Cl. The van der Waals surface area contributed by atoms with Gasteiger partial charge in [0.2, 0.25) is 0 Å². The van der Waals surface area contributed by atoms with Gasteiger partial charge in [0.1, 0.15) is 11.5 Å². The minimum atomic E-state index is -0.164. The number of nitrogens with one attached hydrogen (secondary N) is 1. The molecule has 0 unspecified atom stereocenters. The topological polar surface area (TPSA) is 68.0 Å². The molecule has 4 nitrogen and oxygen atoms in total. The maximum absolute atomic E-state index is 11.5. The molecule has 1 aromatic rings. The van der Waals surface area contributed by atoms with Gasteiger partial charge in [-0.3, -0.25) is 4.79 Å². The Kier molecular flexibility index (Phi) is 7.76. The van der Waals surface area contributed by atoms with Crippen LogP contribution in [0, 0.1) is 0 Å². The number of pyridine rings is 1. The molecule has 1 aromatic heterocycles. The smallest absolute Gasteiger partial charge is 0.269 e. The van der Waals surface area contributed by atoms with Gasteiger partial charge in [-0.2, -0.15) is 11.8 Å². The first kappa shape index (κ1) is 15.1. The van der Waals surface area contributed by atoms with E-state index >= 15 is 0 Å². The van der Waals surface area contributed by atoms with Crippen LogP contribution in [0.3, 0.4) is 0 Å². The van der Waals surface area contributed by atoms with Crippen LogP contribution in [0.25, 0.3) is 0 Å². The first-order chi connectivity index (χ1) is 7.24. The highest BCUT2D eigenvalue weighted by Gasteiger charge is 2.05. The van der Waals surface area contributed by atoms with Crippen molar-refractivity contribution in [3.8, 4) is 0 Å². The van der Waals surface area contributed by atoms with Gasteiger partial charge in [0.15, 0.2) is 0 Å². The van der Waals surface area contributed by atoms with Gasteiger partial charge in [-0.15, -0.1) is 12.4 Å². The number of carbonyl (C=O) groups is 1. The van der Waals surface area contributed by atoms with Gasteiger partial charge in [-0.05, 0) is 30.6 Å². The molecule has 1 amide bonds. The minimum absolute atomic E-state index is 0. The van der Waals surface area contributed by atoms with E-state index in [4.69, 9.17) is 5.73 Å². The number of hydrogen-bond donors (Lipinski definition) is 2. The highest BCUT2D eigenvalue weighted by molar-refractivity contribution is 7.98. The van der Waals surface area contributed by atoms with E-state index in [0.29, 0.717) is 18.1 Å². The van der Waals surface area contributed by atoms with Crippen molar-refractivity contribution in [2.45, 2.75) is 6.42 Å². The van der Waals surface area contributed by atoms with Crippen LogP contribution in [-0.2, 0) is 0 Å². The van der Waals surface area contributed by atoms with Crippen molar-refractivity contribution in [3.05, 3.63) is 23.9 Å². The summed E-state index contributed by atoms with van der Waals surface area (Å²) in [6.07, 6.45) is 3.01. The summed E-state index contributed by atoms with van der Waals surface area (Å²) < 4.78 is 0. The number of hydrogen-bond acceptors (Lipinski definition) is 4. The van der Waals surface area contributed by atoms with Crippen LogP contribution in [0.15, 0.2) is 18.2 Å². The number of nitrogens with two attached hydrogens (primary N) is 1. The molecule has 0 aliphatic carbocycles. The summed E-state index contributed by atoms with van der Waals surface area (Å²) in [7, 11) is 0. The molecule has 16 heavy (non-hydrogen) atoms. The molecule has 1 rings (SSSR count). The Bertz CT molecular complexity index is 336. The van der Waals surface area contributed by atoms with Crippen molar-refractivity contribution in [3.63, 3.8) is 0 Å². The Labute approximate surface area is 106 Å². The van der Waals surface area contributed by atoms with Crippen LogP contribution in [-0.4, -0.2) is 29.4 Å². The lowest BCUT2D eigenvalue weighted by atomic mass is 10.3. The molecule has 0 atom stereocenters. The van der Waals surface area contributed by atoms with Crippen molar-refractivity contribution in [1.29, 1.82) is 0 Å². The summed E-state index contributed by atoms with van der Waals surface area (Å²) in [5.74, 6) is 1.25. The fraction of sp³-hybridized carbons (Fsp3) is 0.400. The number of nitrogens with zero attached hydrogens (tertiary/aromatic N) is 1. The summed E-state index contributed by atoms with van der Waals surface area (Å²) in [5.41, 5.74) is 5.85. The van der Waals surface area contributed by atoms with Gasteiger partial charge in [-0.1, -0.05) is 6.07 Å². The molecule has 90 valence electrons. The number of thioether (sulfide) groups is 1. The third-order valence-electron chi connectivity index (χ3n) is 1.81. The molecule has 0 fully saturated rings. The lowest BCUT2D eigenvalue weighted by molar-refractivity contribution is 0.0949. The van der Waals surface area contributed by atoms with Crippen LogP contribution in [0.5, 0.6) is 0 Å². The number of aromatic nitrogens is 1. The summed E-state index contributed by atoms with van der Waals surface area (Å²) in [6.45, 7) is 0.677. The molecular weight excluding hydrogens is 246 g/mol. The largest absolute Gasteiger partial charge is 0.384 e. The minimum Gasteiger partial charge on any atom is -0.384 e. The van der Waals surface area contributed by atoms with E-state index in [9.17, 15) is 4.79 Å². The lowest BCUT2D eigenvalue weighted by Crippen LogP contribution is -2.25. The van der Waals surface area contributed by atoms with Gasteiger partial charge in [0.05, 0.1) is 0 Å². The van der Waals surface area contributed by atoms with Crippen molar-refractivity contribution in [2.75, 3.05) is 24.3 Å². The molecule has 0 bridgehead atoms. The second kappa shape index (κ2) is 8.24. The van der Waals surface area contributed by atoms with Crippen LogP contribution in [0.4, 0.5) is 5.82 Å². The van der Waals surface area contributed by atoms with E-state index in [1.54, 1.807) is 30.0 Å². The molecule has 0 aliphatic rings. The number of nitrogen functional groups attached to an aromatic ring is 1. The number of carbonyl (C=O) groups excluding carboxylic acids is 1. The van der Waals surface area contributed by atoms with Crippen LogP contribution >= 0.6 is 24.2 Å². The van der Waals surface area contributed by atoms with Crippen molar-refractivity contribution in [2.24, 2.45) is 0 Å². The number of rotatable bonds is 5. The molecule has 0 aliphatic heterocycles. The van der Waals surface area contributed by atoms with Gasteiger partial charge < -0.3 is 11.1 Å². The standard InChI is InChI=1S/C10H15N3OS.ClH/c1-15-7-3-6-12-10(14)8-4-2-5-9(11)13-8;/h2,4-5H,3,6-7H2,1H3,(H2,11,13)(H,12,14);1H. The predicted octanol–water partition coefficient (Wildman–Crippen LogP) is 1.57. The quantitative estimate of drug-likeness (QED) is 0.790. The molecular formula is C10H16ClN3OS. The normalized spacial score (nSPS) is 9.31. The zero-order valence-corrected chi connectivity index (χ0v) is 10.7. The fourth-order valence-electron chi connectivity index (χ4n) is 1.09. The highest BCUT2D eigenvalue weighted by Crippen LogP contribution is 2.00. The maximum atomic E-state index is 11.5. The van der Waals surface area contributed by atoms with E-state index in [0.717, 1.165) is 12.2 Å². The maximum Gasteiger partial charge on any atom is 0.269 e. The summed E-state index contributed by atoms with van der Waals surface area (Å²) in [6, 6.07) is 5.03. The molecule has 0 saturated heterocycles. The van der Waals surface area contributed by atoms with Gasteiger partial charge in [0.25, 0.3) is 5.91 Å². The summed E-state index contributed by atoms with van der Waals surface area (Å²) in [4.78, 5) is 15.5. The Morgan fingerprint density at radius 1 is 1.56 bits per heavy atom. The number of halogens is 1. The van der Waals surface area contributed by atoms with E-state index in [1.807, 2.05) is 6.26 Å². The molecule has 1 heterocycles. The molecule has 0 saturated carbocycles. The lowest BCUT2D eigenvalue weighted by Gasteiger charge is -2.04. The zero-order valence-electron chi connectivity index (χ0n) is 9.10. The second-order valence-electron chi connectivity index (χ2n) is 3.05. The monoisotopic (exact) mass is 261 g/mol. The van der Waals surface area contributed by atoms with Gasteiger partial charge >= 0.3 is 0 Å². The third-order valence-corrected chi connectivity index (χ3v) is 2.51. The van der Waals surface area contributed by atoms with E-state index in [1.165, 1.54) is 0 Å². The molecule has 0 aromatic carbocycles. The first-order valence-corrected chi connectivity index (χ1v) is 6.13. The van der Waals surface area contributed by atoms with Crippen LogP contribution in [0.1, 0.15) is 16.9 Å². The Hall–Kier alpha value is -0.940. The van der Waals surface area contributed by atoms with E-state index < -0.39 is 0 Å². The van der Waals surface area contributed by atoms with Crippen molar-refractivity contribution >= 4 is 35.9 Å². The predicted molar refractivity (Wildman–Crippen MR) is 71.2 cm³/mol. The fourth-order valence-corrected chi connectivity index (χ4v) is 1.52. The molecule has 0 radical (unpaired) electrons. The Balaban J connectivity index is 0.00000225. The zero-order chi connectivity index (χ0) is 11.1. The molecule has 3 N–H and O–H groups in total. The Morgan fingerprint density at radius 3 is 2.94 bits per heavy atom. The van der Waals surface area contributed by atoms with Gasteiger partial charge in [0, 0.05) is 6.54 Å². The summed E-state index contributed by atoms with van der Waals surface area (Å²) >= 11 is 1.76. The van der Waals surface area contributed by atoms with E-state index in [-0.39, 0.29) is 18.3 Å². The van der Waals surface area contributed by atoms with Crippen molar-refractivity contribution < 1.29 is 4.79 Å². The van der Waals surface area contributed by atoms with Gasteiger partial charge in [-0.25, -0.2) is 4.98 Å². The molecule has 6 heteroatoms. The molecule has 0 spiro atoms.